The minimum absolute atomic E-state index is 0.862. The van der Waals surface area contributed by atoms with Gasteiger partial charge in [0, 0.05) is 38.9 Å². The van der Waals surface area contributed by atoms with Crippen molar-refractivity contribution in [1.82, 2.24) is 19.8 Å². The lowest BCUT2D eigenvalue weighted by molar-refractivity contribution is 0.0364. The second-order valence-corrected chi connectivity index (χ2v) is 4.34. The van der Waals surface area contributed by atoms with Gasteiger partial charge in [0.25, 0.3) is 0 Å². The molecule has 0 radical (unpaired) electrons. The van der Waals surface area contributed by atoms with Crippen LogP contribution in [-0.4, -0.2) is 53.8 Å². The second-order valence-electron chi connectivity index (χ2n) is 4.34. The lowest BCUT2D eigenvalue weighted by Gasteiger charge is -2.26. The Morgan fingerprint density at radius 1 is 1.35 bits per heavy atom. The van der Waals surface area contributed by atoms with Crippen LogP contribution >= 0.6 is 0 Å². The molecule has 0 bridgehead atoms. The first-order chi connectivity index (χ1) is 8.38. The third kappa shape index (κ3) is 4.11. The zero-order valence-electron chi connectivity index (χ0n) is 10.6. The van der Waals surface area contributed by atoms with E-state index >= 15 is 0 Å². The van der Waals surface area contributed by atoms with Crippen LogP contribution in [0.5, 0.6) is 0 Å². The summed E-state index contributed by atoms with van der Waals surface area (Å²) in [6, 6.07) is 0. The Morgan fingerprint density at radius 3 is 2.94 bits per heavy atom. The van der Waals surface area contributed by atoms with E-state index in [1.54, 1.807) is 0 Å². The first kappa shape index (κ1) is 12.5. The van der Waals surface area contributed by atoms with Crippen LogP contribution < -0.4 is 5.32 Å². The molecule has 0 atom stereocenters. The molecule has 1 aromatic rings. The summed E-state index contributed by atoms with van der Waals surface area (Å²) in [5.74, 6) is 0. The molecule has 0 unspecified atom stereocenters. The van der Waals surface area contributed by atoms with Crippen LogP contribution in [0.15, 0.2) is 12.5 Å². The zero-order valence-corrected chi connectivity index (χ0v) is 10.6. The van der Waals surface area contributed by atoms with Gasteiger partial charge in [0.2, 0.25) is 0 Å². The Hall–Kier alpha value is -0.910. The van der Waals surface area contributed by atoms with Gasteiger partial charge in [-0.25, -0.2) is 4.98 Å². The van der Waals surface area contributed by atoms with E-state index in [0.29, 0.717) is 0 Å². The highest BCUT2D eigenvalue weighted by molar-refractivity contribution is 4.96. The number of hydrogen-bond acceptors (Lipinski definition) is 4. The maximum Gasteiger partial charge on any atom is 0.0950 e. The third-order valence-electron chi connectivity index (χ3n) is 3.02. The van der Waals surface area contributed by atoms with Crippen molar-refractivity contribution in [2.24, 2.45) is 0 Å². The summed E-state index contributed by atoms with van der Waals surface area (Å²) in [5.41, 5.74) is 1.12. The summed E-state index contributed by atoms with van der Waals surface area (Å²) in [6.45, 7) is 9.90. The van der Waals surface area contributed by atoms with Crippen molar-refractivity contribution in [1.29, 1.82) is 0 Å². The number of nitrogens with zero attached hydrogens (tertiary/aromatic N) is 3. The fourth-order valence-corrected chi connectivity index (χ4v) is 1.95. The molecule has 17 heavy (non-hydrogen) atoms. The number of nitrogens with one attached hydrogen (secondary N) is 1. The Kier molecular flexibility index (Phi) is 4.97. The van der Waals surface area contributed by atoms with E-state index in [4.69, 9.17) is 4.74 Å². The molecule has 2 heterocycles. The van der Waals surface area contributed by atoms with E-state index < -0.39 is 0 Å². The molecular weight excluding hydrogens is 216 g/mol. The molecule has 1 aliphatic heterocycles. The molecular formula is C12H22N4O. The van der Waals surface area contributed by atoms with Crippen molar-refractivity contribution in [3.8, 4) is 0 Å². The molecule has 2 rings (SSSR count). The van der Waals surface area contributed by atoms with Gasteiger partial charge >= 0.3 is 0 Å². The number of ether oxygens (including phenoxy) is 1. The molecule has 0 spiro atoms. The molecule has 0 amide bonds. The molecule has 0 aliphatic carbocycles. The maximum atomic E-state index is 5.33. The van der Waals surface area contributed by atoms with Gasteiger partial charge in [0.1, 0.15) is 0 Å². The van der Waals surface area contributed by atoms with Gasteiger partial charge in [-0.1, -0.05) is 6.92 Å². The Balaban J connectivity index is 1.72. The SMILES string of the molecule is CCNCc1cn(CCN2CCOCC2)cn1. The number of hydrogen-bond donors (Lipinski definition) is 1. The average Bonchev–Trinajstić information content (AvgIpc) is 2.83. The van der Waals surface area contributed by atoms with Crippen LogP contribution in [0.3, 0.4) is 0 Å². The highest BCUT2D eigenvalue weighted by Crippen LogP contribution is 2.00. The van der Waals surface area contributed by atoms with Gasteiger partial charge in [-0.3, -0.25) is 4.90 Å². The van der Waals surface area contributed by atoms with E-state index in [2.05, 4.69) is 32.9 Å². The third-order valence-corrected chi connectivity index (χ3v) is 3.02. The molecule has 0 saturated carbocycles. The lowest BCUT2D eigenvalue weighted by atomic mass is 10.4. The van der Waals surface area contributed by atoms with Gasteiger partial charge in [-0.15, -0.1) is 0 Å². The van der Waals surface area contributed by atoms with Crippen molar-refractivity contribution in [2.45, 2.75) is 20.0 Å². The number of aromatic nitrogens is 2. The smallest absolute Gasteiger partial charge is 0.0950 e. The number of morpholine rings is 1. The van der Waals surface area contributed by atoms with Crippen LogP contribution in [0, 0.1) is 0 Å². The van der Waals surface area contributed by atoms with Gasteiger partial charge in [0.05, 0.1) is 25.2 Å². The Labute approximate surface area is 103 Å². The molecule has 1 N–H and O–H groups in total. The average molecular weight is 238 g/mol. The van der Waals surface area contributed by atoms with Gasteiger partial charge < -0.3 is 14.6 Å². The predicted octanol–water partition coefficient (Wildman–Crippen LogP) is 0.325. The van der Waals surface area contributed by atoms with E-state index in [1.165, 1.54) is 0 Å². The number of imidazole rings is 1. The molecule has 1 aliphatic rings. The predicted molar refractivity (Wildman–Crippen MR) is 66.9 cm³/mol. The summed E-state index contributed by atoms with van der Waals surface area (Å²) in [4.78, 5) is 6.81. The minimum Gasteiger partial charge on any atom is -0.379 e. The first-order valence-electron chi connectivity index (χ1n) is 6.40. The summed E-state index contributed by atoms with van der Waals surface area (Å²) in [5, 5.41) is 3.28. The fourth-order valence-electron chi connectivity index (χ4n) is 1.95. The van der Waals surface area contributed by atoms with Gasteiger partial charge in [-0.05, 0) is 6.54 Å². The normalized spacial score (nSPS) is 17.5. The summed E-state index contributed by atoms with van der Waals surface area (Å²) in [7, 11) is 0. The quantitative estimate of drug-likeness (QED) is 0.775. The monoisotopic (exact) mass is 238 g/mol. The molecule has 1 fully saturated rings. The van der Waals surface area contributed by atoms with Crippen LogP contribution in [0.1, 0.15) is 12.6 Å². The van der Waals surface area contributed by atoms with Gasteiger partial charge in [0.15, 0.2) is 0 Å². The second kappa shape index (κ2) is 6.74. The first-order valence-corrected chi connectivity index (χ1v) is 6.40. The fraction of sp³-hybridized carbons (Fsp3) is 0.750. The Morgan fingerprint density at radius 2 is 2.18 bits per heavy atom. The van der Waals surface area contributed by atoms with E-state index in [0.717, 1.165) is 58.2 Å². The van der Waals surface area contributed by atoms with Crippen LogP contribution in [0.25, 0.3) is 0 Å². The van der Waals surface area contributed by atoms with Crippen molar-refractivity contribution < 1.29 is 4.74 Å². The molecule has 5 heteroatoms. The van der Waals surface area contributed by atoms with Crippen LogP contribution in [0.2, 0.25) is 0 Å². The highest BCUT2D eigenvalue weighted by Gasteiger charge is 2.09. The van der Waals surface area contributed by atoms with E-state index in [1.807, 2.05) is 6.33 Å². The van der Waals surface area contributed by atoms with Crippen LogP contribution in [0.4, 0.5) is 0 Å². The molecule has 96 valence electrons. The van der Waals surface area contributed by atoms with Gasteiger partial charge in [-0.2, -0.15) is 0 Å². The van der Waals surface area contributed by atoms with Crippen molar-refractivity contribution >= 4 is 0 Å². The number of rotatable bonds is 6. The summed E-state index contributed by atoms with van der Waals surface area (Å²) >= 11 is 0. The van der Waals surface area contributed by atoms with E-state index in [9.17, 15) is 0 Å². The lowest BCUT2D eigenvalue weighted by Crippen LogP contribution is -2.38. The van der Waals surface area contributed by atoms with Crippen molar-refractivity contribution in [2.75, 3.05) is 39.4 Å². The highest BCUT2D eigenvalue weighted by atomic mass is 16.5. The maximum absolute atomic E-state index is 5.33. The Bertz CT molecular complexity index is 320. The molecule has 0 aromatic carbocycles. The summed E-state index contributed by atoms with van der Waals surface area (Å²) < 4.78 is 7.50. The standard InChI is InChI=1S/C12H22N4O/c1-2-13-9-12-10-16(11-14-12)4-3-15-5-7-17-8-6-15/h10-11,13H,2-9H2,1H3. The topological polar surface area (TPSA) is 42.3 Å². The van der Waals surface area contributed by atoms with E-state index in [-0.39, 0.29) is 0 Å². The van der Waals surface area contributed by atoms with Crippen molar-refractivity contribution in [3.05, 3.63) is 18.2 Å². The van der Waals surface area contributed by atoms with Crippen molar-refractivity contribution in [3.63, 3.8) is 0 Å². The molecule has 1 aromatic heterocycles. The largest absolute Gasteiger partial charge is 0.379 e. The zero-order chi connectivity index (χ0) is 11.9. The summed E-state index contributed by atoms with van der Waals surface area (Å²) in [6.07, 6.45) is 4.05. The molecule has 5 nitrogen and oxygen atoms in total. The minimum atomic E-state index is 0.862. The molecule has 1 saturated heterocycles. The van der Waals surface area contributed by atoms with Crippen LogP contribution in [-0.2, 0) is 17.8 Å².